The Morgan fingerprint density at radius 3 is 2.52 bits per heavy atom. The number of benzene rings is 3. The summed E-state index contributed by atoms with van der Waals surface area (Å²) in [6.45, 7) is 4.20. The molecular formula is C26H23N3O3S. The predicted molar refractivity (Wildman–Crippen MR) is 130 cm³/mol. The molecule has 2 aromatic heterocycles. The Morgan fingerprint density at radius 2 is 1.73 bits per heavy atom. The van der Waals surface area contributed by atoms with E-state index in [9.17, 15) is 13.2 Å². The molecule has 1 aliphatic heterocycles. The largest absolute Gasteiger partial charge is 0.340 e. The summed E-state index contributed by atoms with van der Waals surface area (Å²) >= 11 is 0. The Labute approximate surface area is 191 Å². The molecule has 166 valence electrons. The van der Waals surface area contributed by atoms with E-state index in [-0.39, 0.29) is 11.6 Å². The number of nitrogens with zero attached hydrogens (tertiary/aromatic N) is 2. The summed E-state index contributed by atoms with van der Waals surface area (Å²) in [5.74, 6) is 0. The van der Waals surface area contributed by atoms with Crippen molar-refractivity contribution in [3.63, 3.8) is 0 Å². The highest BCUT2D eigenvalue weighted by atomic mass is 32.2. The molecule has 3 aromatic carbocycles. The maximum atomic E-state index is 13.6. The van der Waals surface area contributed by atoms with Crippen LogP contribution >= 0.6 is 0 Å². The molecule has 0 aliphatic carbocycles. The fourth-order valence-corrected chi connectivity index (χ4v) is 6.76. The minimum atomic E-state index is -3.69. The molecule has 0 bridgehead atoms. The number of H-pyrrole nitrogens is 1. The monoisotopic (exact) mass is 457 g/mol. The predicted octanol–water partition coefficient (Wildman–Crippen LogP) is 4.55. The molecule has 0 unspecified atom stereocenters. The van der Waals surface area contributed by atoms with Crippen LogP contribution in [0.15, 0.2) is 76.4 Å². The van der Waals surface area contributed by atoms with Crippen LogP contribution in [0, 0.1) is 6.92 Å². The van der Waals surface area contributed by atoms with Gasteiger partial charge in [-0.15, -0.1) is 0 Å². The van der Waals surface area contributed by atoms with Crippen LogP contribution in [0.2, 0.25) is 0 Å². The van der Waals surface area contributed by atoms with E-state index in [1.807, 2.05) is 68.4 Å². The average Bonchev–Trinajstić information content (AvgIpc) is 3.03. The molecule has 6 rings (SSSR count). The second kappa shape index (κ2) is 7.04. The second-order valence-electron chi connectivity index (χ2n) is 8.73. The molecule has 1 aliphatic rings. The van der Waals surface area contributed by atoms with Crippen molar-refractivity contribution in [1.29, 1.82) is 0 Å². The van der Waals surface area contributed by atoms with Crippen LogP contribution in [0.25, 0.3) is 27.5 Å². The highest BCUT2D eigenvalue weighted by Gasteiger charge is 2.34. The van der Waals surface area contributed by atoms with E-state index in [1.165, 1.54) is 0 Å². The summed E-state index contributed by atoms with van der Waals surface area (Å²) < 4.78 is 30.5. The zero-order valence-corrected chi connectivity index (χ0v) is 19.2. The Bertz CT molecular complexity index is 1730. The van der Waals surface area contributed by atoms with E-state index < -0.39 is 10.0 Å². The number of nitrogens with one attached hydrogen (secondary N) is 1. The number of hydrogen-bond acceptors (Lipinski definition) is 3. The highest BCUT2D eigenvalue weighted by molar-refractivity contribution is 7.89. The molecular weight excluding hydrogens is 434 g/mol. The van der Waals surface area contributed by atoms with Gasteiger partial charge in [-0.05, 0) is 56.2 Å². The van der Waals surface area contributed by atoms with E-state index in [4.69, 9.17) is 0 Å². The highest BCUT2D eigenvalue weighted by Crippen LogP contribution is 2.39. The van der Waals surface area contributed by atoms with Gasteiger partial charge in [0.25, 0.3) is 5.56 Å². The van der Waals surface area contributed by atoms with Gasteiger partial charge in [0.15, 0.2) is 0 Å². The van der Waals surface area contributed by atoms with E-state index in [2.05, 4.69) is 4.98 Å². The molecule has 6 nitrogen and oxygen atoms in total. The third-order valence-electron chi connectivity index (χ3n) is 6.83. The third kappa shape index (κ3) is 2.82. The SMILES string of the molecule is Cc1ccc(S(=O)(=O)N2CCc3c4c(cccc4n4c(=O)c5ccccc5[nH]c34)[C@H]2C)cc1. The molecule has 33 heavy (non-hydrogen) atoms. The van der Waals surface area contributed by atoms with Crippen LogP contribution < -0.4 is 5.56 Å². The van der Waals surface area contributed by atoms with E-state index in [1.54, 1.807) is 20.8 Å². The van der Waals surface area contributed by atoms with Crippen LogP contribution in [-0.2, 0) is 16.4 Å². The van der Waals surface area contributed by atoms with Crippen molar-refractivity contribution >= 4 is 37.5 Å². The first kappa shape index (κ1) is 20.2. The molecule has 0 saturated heterocycles. The van der Waals surface area contributed by atoms with Gasteiger partial charge in [0.05, 0.1) is 21.3 Å². The number of aryl methyl sites for hydroxylation is 1. The Balaban J connectivity index is 1.61. The molecule has 7 heteroatoms. The van der Waals surface area contributed by atoms with Gasteiger partial charge in [-0.3, -0.25) is 9.20 Å². The fraction of sp³-hybridized carbons (Fsp3) is 0.192. The number of para-hydroxylation sites is 1. The van der Waals surface area contributed by atoms with Crippen molar-refractivity contribution in [2.24, 2.45) is 0 Å². The molecule has 0 radical (unpaired) electrons. The molecule has 0 saturated carbocycles. The lowest BCUT2D eigenvalue weighted by Gasteiger charge is -2.27. The fourth-order valence-electron chi connectivity index (χ4n) is 5.15. The maximum absolute atomic E-state index is 13.6. The lowest BCUT2D eigenvalue weighted by molar-refractivity contribution is 0.351. The van der Waals surface area contributed by atoms with Gasteiger partial charge in [-0.2, -0.15) is 4.31 Å². The Kier molecular flexibility index (Phi) is 4.31. The lowest BCUT2D eigenvalue weighted by atomic mass is 10.0. The molecule has 1 atom stereocenters. The van der Waals surface area contributed by atoms with E-state index >= 15 is 0 Å². The van der Waals surface area contributed by atoms with Gasteiger partial charge in [-0.25, -0.2) is 8.42 Å². The van der Waals surface area contributed by atoms with Crippen LogP contribution in [0.5, 0.6) is 0 Å². The summed E-state index contributed by atoms with van der Waals surface area (Å²) in [5.41, 5.74) is 5.17. The van der Waals surface area contributed by atoms with E-state index in [0.29, 0.717) is 23.2 Å². The first-order valence-electron chi connectivity index (χ1n) is 11.0. The Morgan fingerprint density at radius 1 is 0.970 bits per heavy atom. The van der Waals surface area contributed by atoms with Crippen molar-refractivity contribution in [3.05, 3.63) is 93.8 Å². The normalized spacial score (nSPS) is 17.1. The van der Waals surface area contributed by atoms with Crippen LogP contribution in [0.3, 0.4) is 0 Å². The first-order valence-corrected chi connectivity index (χ1v) is 12.5. The summed E-state index contributed by atoms with van der Waals surface area (Å²) in [5, 5.41) is 1.60. The summed E-state index contributed by atoms with van der Waals surface area (Å²) in [6.07, 6.45) is 0.508. The number of hydrogen-bond donors (Lipinski definition) is 1. The van der Waals surface area contributed by atoms with Crippen molar-refractivity contribution in [2.75, 3.05) is 6.54 Å². The van der Waals surface area contributed by atoms with Crippen molar-refractivity contribution in [3.8, 4) is 0 Å². The standard InChI is InChI=1S/C26H23N3O3S/c1-16-10-12-18(13-11-16)33(31,32)28-15-14-21-24-19(17(28)2)7-5-9-23(24)29-25(21)27-22-8-4-3-6-20(22)26(29)30/h3-13,17,27H,14-15H2,1-2H3/t17-/m1/s1. The molecule has 3 heterocycles. The van der Waals surface area contributed by atoms with Crippen LogP contribution in [-0.4, -0.2) is 28.7 Å². The topological polar surface area (TPSA) is 74.7 Å². The number of rotatable bonds is 2. The molecule has 0 spiro atoms. The summed E-state index contributed by atoms with van der Waals surface area (Å²) in [6, 6.07) is 19.9. The quantitative estimate of drug-likeness (QED) is 0.423. The van der Waals surface area contributed by atoms with Gasteiger partial charge >= 0.3 is 0 Å². The van der Waals surface area contributed by atoms with Crippen LogP contribution in [0.4, 0.5) is 0 Å². The molecule has 5 aromatic rings. The van der Waals surface area contributed by atoms with Crippen LogP contribution in [0.1, 0.15) is 29.7 Å². The number of fused-ring (bicyclic) bond motifs is 4. The van der Waals surface area contributed by atoms with Crippen molar-refractivity contribution < 1.29 is 8.42 Å². The summed E-state index contributed by atoms with van der Waals surface area (Å²) in [7, 11) is -3.69. The minimum Gasteiger partial charge on any atom is -0.340 e. The summed E-state index contributed by atoms with van der Waals surface area (Å²) in [4.78, 5) is 17.2. The molecule has 0 fully saturated rings. The third-order valence-corrected chi connectivity index (χ3v) is 8.82. The number of aromatic amines is 1. The van der Waals surface area contributed by atoms with Gasteiger partial charge in [0.1, 0.15) is 5.65 Å². The average molecular weight is 458 g/mol. The van der Waals surface area contributed by atoms with Gasteiger partial charge < -0.3 is 4.98 Å². The smallest absolute Gasteiger partial charge is 0.266 e. The number of aromatic nitrogens is 2. The van der Waals surface area contributed by atoms with Crippen molar-refractivity contribution in [1.82, 2.24) is 13.7 Å². The minimum absolute atomic E-state index is 0.0647. The molecule has 1 N–H and O–H groups in total. The zero-order valence-electron chi connectivity index (χ0n) is 18.4. The van der Waals surface area contributed by atoms with Gasteiger partial charge in [0, 0.05) is 23.5 Å². The van der Waals surface area contributed by atoms with Gasteiger partial charge in [0.2, 0.25) is 10.0 Å². The second-order valence-corrected chi connectivity index (χ2v) is 10.6. The Hall–Kier alpha value is -3.42. The van der Waals surface area contributed by atoms with Gasteiger partial charge in [-0.1, -0.05) is 42.0 Å². The maximum Gasteiger partial charge on any atom is 0.266 e. The lowest BCUT2D eigenvalue weighted by Crippen LogP contribution is -2.34. The van der Waals surface area contributed by atoms with E-state index in [0.717, 1.165) is 38.8 Å². The first-order chi connectivity index (χ1) is 15.9. The number of sulfonamides is 1. The van der Waals surface area contributed by atoms with Crippen molar-refractivity contribution in [2.45, 2.75) is 31.2 Å². The zero-order chi connectivity index (χ0) is 22.9. The molecule has 0 amide bonds.